The van der Waals surface area contributed by atoms with Gasteiger partial charge in [-0.05, 0) is 12.1 Å². The number of benzene rings is 1. The van der Waals surface area contributed by atoms with E-state index in [1.807, 2.05) is 26.0 Å². The van der Waals surface area contributed by atoms with Crippen molar-refractivity contribution in [2.75, 3.05) is 18.9 Å². The monoisotopic (exact) mass is 224 g/mol. The van der Waals surface area contributed by atoms with E-state index in [-0.39, 0.29) is 6.61 Å². The van der Waals surface area contributed by atoms with E-state index in [0.29, 0.717) is 24.0 Å². The van der Waals surface area contributed by atoms with Crippen LogP contribution >= 0.6 is 0 Å². The highest BCUT2D eigenvalue weighted by Gasteiger charge is 2.06. The van der Waals surface area contributed by atoms with Crippen molar-refractivity contribution in [2.24, 2.45) is 0 Å². The normalized spacial score (nSPS) is 12.8. The lowest BCUT2D eigenvalue weighted by molar-refractivity contribution is 0.105. The van der Waals surface area contributed by atoms with Gasteiger partial charge in [-0.25, -0.2) is 0 Å². The Labute approximate surface area is 96.4 Å². The third-order valence-electron chi connectivity index (χ3n) is 2.11. The van der Waals surface area contributed by atoms with Gasteiger partial charge in [0, 0.05) is 12.6 Å². The Kier molecular flexibility index (Phi) is 5.08. The summed E-state index contributed by atoms with van der Waals surface area (Å²) in [5, 5.41) is 12.8. The number of rotatable bonds is 6. The standard InChI is InChI=1S/C12H20N2O2/c1-9(2)14-7-10(15)8-16-12-6-4-3-5-11(12)13/h3-6,9-10,14-15H,7-8,13H2,1-2H3. The predicted octanol–water partition coefficient (Wildman–Crippen LogP) is 1.01. The highest BCUT2D eigenvalue weighted by atomic mass is 16.5. The number of aliphatic hydroxyl groups excluding tert-OH is 1. The molecule has 1 unspecified atom stereocenters. The Morgan fingerprint density at radius 3 is 2.69 bits per heavy atom. The smallest absolute Gasteiger partial charge is 0.142 e. The van der Waals surface area contributed by atoms with Crippen LogP contribution in [-0.4, -0.2) is 30.4 Å². The van der Waals surface area contributed by atoms with Crippen LogP contribution in [-0.2, 0) is 0 Å². The lowest BCUT2D eigenvalue weighted by atomic mass is 10.3. The fraction of sp³-hybridized carbons (Fsp3) is 0.500. The molecule has 4 N–H and O–H groups in total. The molecule has 0 fully saturated rings. The molecule has 0 aliphatic heterocycles. The topological polar surface area (TPSA) is 67.5 Å². The van der Waals surface area contributed by atoms with Crippen LogP contribution in [0.1, 0.15) is 13.8 Å². The van der Waals surface area contributed by atoms with E-state index >= 15 is 0 Å². The number of anilines is 1. The lowest BCUT2D eigenvalue weighted by Crippen LogP contribution is -2.35. The first-order valence-electron chi connectivity index (χ1n) is 5.48. The number of nitrogen functional groups attached to an aromatic ring is 1. The van der Waals surface area contributed by atoms with Crippen LogP contribution in [0, 0.1) is 0 Å². The van der Waals surface area contributed by atoms with Crippen LogP contribution in [0.4, 0.5) is 5.69 Å². The lowest BCUT2D eigenvalue weighted by Gasteiger charge is -2.15. The van der Waals surface area contributed by atoms with Crippen LogP contribution in [0.3, 0.4) is 0 Å². The molecule has 0 radical (unpaired) electrons. The number of ether oxygens (including phenoxy) is 1. The van der Waals surface area contributed by atoms with Crippen LogP contribution in [0.15, 0.2) is 24.3 Å². The zero-order valence-electron chi connectivity index (χ0n) is 9.81. The van der Waals surface area contributed by atoms with E-state index in [1.165, 1.54) is 0 Å². The first-order valence-corrected chi connectivity index (χ1v) is 5.48. The summed E-state index contributed by atoms with van der Waals surface area (Å²) in [5.74, 6) is 0.617. The Hall–Kier alpha value is -1.26. The van der Waals surface area contributed by atoms with Gasteiger partial charge < -0.3 is 20.9 Å². The molecule has 0 aliphatic carbocycles. The molecule has 1 atom stereocenters. The van der Waals surface area contributed by atoms with Crippen LogP contribution in [0.5, 0.6) is 5.75 Å². The van der Waals surface area contributed by atoms with Gasteiger partial charge in [-0.3, -0.25) is 0 Å². The van der Waals surface area contributed by atoms with Crippen molar-refractivity contribution in [2.45, 2.75) is 26.0 Å². The van der Waals surface area contributed by atoms with E-state index in [1.54, 1.807) is 12.1 Å². The largest absolute Gasteiger partial charge is 0.489 e. The van der Waals surface area contributed by atoms with Crippen molar-refractivity contribution >= 4 is 5.69 Å². The maximum atomic E-state index is 9.62. The van der Waals surface area contributed by atoms with Gasteiger partial charge in [0.1, 0.15) is 18.5 Å². The summed E-state index contributed by atoms with van der Waals surface area (Å²) in [4.78, 5) is 0. The summed E-state index contributed by atoms with van der Waals surface area (Å²) in [5.41, 5.74) is 6.30. The summed E-state index contributed by atoms with van der Waals surface area (Å²) in [7, 11) is 0. The SMILES string of the molecule is CC(C)NCC(O)COc1ccccc1N. The third kappa shape index (κ3) is 4.51. The molecule has 1 aromatic rings. The average Bonchev–Trinajstić information content (AvgIpc) is 2.25. The number of para-hydroxylation sites is 2. The molecule has 1 rings (SSSR count). The van der Waals surface area contributed by atoms with Crippen molar-refractivity contribution in [1.29, 1.82) is 0 Å². The second kappa shape index (κ2) is 6.35. The van der Waals surface area contributed by atoms with Crippen molar-refractivity contribution in [3.63, 3.8) is 0 Å². The Balaban J connectivity index is 2.31. The molecule has 16 heavy (non-hydrogen) atoms. The Morgan fingerprint density at radius 1 is 1.38 bits per heavy atom. The maximum absolute atomic E-state index is 9.62. The number of hydrogen-bond donors (Lipinski definition) is 3. The van der Waals surface area contributed by atoms with E-state index in [2.05, 4.69) is 5.32 Å². The van der Waals surface area contributed by atoms with Gasteiger partial charge in [-0.15, -0.1) is 0 Å². The quantitative estimate of drug-likeness (QED) is 0.631. The molecule has 0 spiro atoms. The number of aliphatic hydroxyl groups is 1. The molecule has 0 aromatic heterocycles. The first-order chi connectivity index (χ1) is 7.59. The molecule has 4 heteroatoms. The zero-order valence-corrected chi connectivity index (χ0v) is 9.81. The molecule has 0 bridgehead atoms. The van der Waals surface area contributed by atoms with Crippen molar-refractivity contribution < 1.29 is 9.84 Å². The third-order valence-corrected chi connectivity index (χ3v) is 2.11. The maximum Gasteiger partial charge on any atom is 0.142 e. The van der Waals surface area contributed by atoms with Crippen LogP contribution in [0.25, 0.3) is 0 Å². The number of nitrogens with one attached hydrogen (secondary N) is 1. The van der Waals surface area contributed by atoms with Gasteiger partial charge in [0.15, 0.2) is 0 Å². The van der Waals surface area contributed by atoms with Gasteiger partial charge in [0.2, 0.25) is 0 Å². The molecule has 4 nitrogen and oxygen atoms in total. The van der Waals surface area contributed by atoms with Gasteiger partial charge in [-0.2, -0.15) is 0 Å². The van der Waals surface area contributed by atoms with Crippen LogP contribution in [0.2, 0.25) is 0 Å². The molecule has 1 aromatic carbocycles. The molecule has 0 heterocycles. The fourth-order valence-corrected chi connectivity index (χ4v) is 1.23. The minimum Gasteiger partial charge on any atom is -0.489 e. The molecule has 90 valence electrons. The Bertz CT molecular complexity index is 316. The highest BCUT2D eigenvalue weighted by molar-refractivity contribution is 5.51. The van der Waals surface area contributed by atoms with Gasteiger partial charge in [0.25, 0.3) is 0 Å². The molecular weight excluding hydrogens is 204 g/mol. The van der Waals surface area contributed by atoms with E-state index in [4.69, 9.17) is 10.5 Å². The summed E-state index contributed by atoms with van der Waals surface area (Å²) >= 11 is 0. The Morgan fingerprint density at radius 2 is 2.06 bits per heavy atom. The van der Waals surface area contributed by atoms with Gasteiger partial charge in [0.05, 0.1) is 5.69 Å². The molecule has 0 saturated heterocycles. The average molecular weight is 224 g/mol. The minimum absolute atomic E-state index is 0.244. The summed E-state index contributed by atoms with van der Waals surface area (Å²) in [6.07, 6.45) is -0.526. The summed E-state index contributed by atoms with van der Waals surface area (Å²) < 4.78 is 5.42. The minimum atomic E-state index is -0.526. The first kappa shape index (κ1) is 12.8. The van der Waals surface area contributed by atoms with Gasteiger partial charge >= 0.3 is 0 Å². The number of nitrogens with two attached hydrogens (primary N) is 1. The van der Waals surface area contributed by atoms with Crippen LogP contribution < -0.4 is 15.8 Å². The summed E-state index contributed by atoms with van der Waals surface area (Å²) in [6.45, 7) is 4.82. The van der Waals surface area contributed by atoms with E-state index in [9.17, 15) is 5.11 Å². The van der Waals surface area contributed by atoms with Crippen molar-refractivity contribution in [1.82, 2.24) is 5.32 Å². The molecule has 0 amide bonds. The number of hydrogen-bond acceptors (Lipinski definition) is 4. The molecular formula is C12H20N2O2. The second-order valence-electron chi connectivity index (χ2n) is 4.07. The molecule has 0 aliphatic rings. The predicted molar refractivity (Wildman–Crippen MR) is 65.5 cm³/mol. The van der Waals surface area contributed by atoms with E-state index < -0.39 is 6.10 Å². The zero-order chi connectivity index (χ0) is 12.0. The molecule has 0 saturated carbocycles. The van der Waals surface area contributed by atoms with Crippen molar-refractivity contribution in [3.8, 4) is 5.75 Å². The highest BCUT2D eigenvalue weighted by Crippen LogP contribution is 2.19. The summed E-state index contributed by atoms with van der Waals surface area (Å²) in [6, 6.07) is 7.62. The van der Waals surface area contributed by atoms with E-state index in [0.717, 1.165) is 0 Å². The van der Waals surface area contributed by atoms with Crippen molar-refractivity contribution in [3.05, 3.63) is 24.3 Å². The second-order valence-corrected chi connectivity index (χ2v) is 4.07. The fourth-order valence-electron chi connectivity index (χ4n) is 1.23. The van der Waals surface area contributed by atoms with Gasteiger partial charge in [-0.1, -0.05) is 26.0 Å².